The lowest BCUT2D eigenvalue weighted by Crippen LogP contribution is -2.51. The Hall–Kier alpha value is -3.11. The second kappa shape index (κ2) is 11.3. The molecular weight excluding hydrogens is 541 g/mol. The lowest BCUT2D eigenvalue weighted by atomic mass is 9.86. The molecule has 204 valence electrons. The van der Waals surface area contributed by atoms with Gasteiger partial charge in [-0.05, 0) is 68.7 Å². The minimum Gasteiger partial charge on any atom is -0.462 e. The average Bonchev–Trinajstić information content (AvgIpc) is 2.82. The van der Waals surface area contributed by atoms with Gasteiger partial charge in [-0.3, -0.25) is 4.79 Å². The van der Waals surface area contributed by atoms with Gasteiger partial charge in [-0.25, -0.2) is 13.4 Å². The highest BCUT2D eigenvalue weighted by molar-refractivity contribution is 7.90. The molecule has 3 rings (SSSR count). The second-order valence-electron chi connectivity index (χ2n) is 9.54. The Kier molecular flexibility index (Phi) is 8.78. The molecule has 2 atom stereocenters. The number of ether oxygens (including phenoxy) is 1. The SMILES string of the molecule is CC(NC(=O)C(C)(C)Oc1ccc(C(F)(F)F)cn1)C(Cc1ccc(Cl)cc1)c1cccc(S(C)(=O)=O)c1. The lowest BCUT2D eigenvalue weighted by molar-refractivity contribution is -0.138. The van der Waals surface area contributed by atoms with Crippen molar-refractivity contribution in [2.24, 2.45) is 0 Å². The molecule has 0 aliphatic heterocycles. The van der Waals surface area contributed by atoms with Gasteiger partial charge in [-0.15, -0.1) is 0 Å². The molecule has 0 spiro atoms. The topological polar surface area (TPSA) is 85.4 Å². The molecule has 0 aliphatic carbocycles. The molecule has 1 N–H and O–H groups in total. The van der Waals surface area contributed by atoms with Crippen molar-refractivity contribution in [2.45, 2.75) is 55.8 Å². The molecule has 0 saturated carbocycles. The van der Waals surface area contributed by atoms with Gasteiger partial charge in [-0.1, -0.05) is 35.9 Å². The van der Waals surface area contributed by atoms with E-state index in [1.807, 2.05) is 12.1 Å². The molecule has 1 heterocycles. The third-order valence-electron chi connectivity index (χ3n) is 6.02. The Balaban J connectivity index is 1.84. The first kappa shape index (κ1) is 29.4. The molecule has 0 radical (unpaired) electrons. The van der Waals surface area contributed by atoms with Crippen molar-refractivity contribution in [3.8, 4) is 5.88 Å². The van der Waals surface area contributed by atoms with Gasteiger partial charge in [0, 0.05) is 35.5 Å². The van der Waals surface area contributed by atoms with Crippen molar-refractivity contribution >= 4 is 27.3 Å². The van der Waals surface area contributed by atoms with Gasteiger partial charge in [0.15, 0.2) is 15.4 Å². The van der Waals surface area contributed by atoms with Crippen LogP contribution >= 0.6 is 11.6 Å². The maximum Gasteiger partial charge on any atom is 0.417 e. The zero-order valence-electron chi connectivity index (χ0n) is 21.2. The highest BCUT2D eigenvalue weighted by Gasteiger charge is 2.35. The summed E-state index contributed by atoms with van der Waals surface area (Å²) in [5.74, 6) is -0.988. The van der Waals surface area contributed by atoms with Crippen molar-refractivity contribution in [3.63, 3.8) is 0 Å². The normalized spacial score (nSPS) is 14.0. The largest absolute Gasteiger partial charge is 0.462 e. The van der Waals surface area contributed by atoms with Gasteiger partial charge in [0.2, 0.25) is 5.88 Å². The second-order valence-corrected chi connectivity index (χ2v) is 12.0. The number of hydrogen-bond acceptors (Lipinski definition) is 5. The maximum atomic E-state index is 13.2. The van der Waals surface area contributed by atoms with E-state index in [-0.39, 0.29) is 16.7 Å². The summed E-state index contributed by atoms with van der Waals surface area (Å²) in [4.78, 5) is 17.0. The minimum absolute atomic E-state index is 0.135. The number of hydrogen-bond donors (Lipinski definition) is 1. The highest BCUT2D eigenvalue weighted by atomic mass is 35.5. The number of carbonyl (C=O) groups excluding carboxylic acids is 1. The summed E-state index contributed by atoms with van der Waals surface area (Å²) in [7, 11) is -3.46. The lowest BCUT2D eigenvalue weighted by Gasteiger charge is -2.31. The first-order valence-corrected chi connectivity index (χ1v) is 13.9. The fraction of sp³-hybridized carbons (Fsp3) is 0.333. The molecule has 3 aromatic rings. The molecule has 2 aromatic carbocycles. The Morgan fingerprint density at radius 2 is 1.74 bits per heavy atom. The third-order valence-corrected chi connectivity index (χ3v) is 7.38. The Morgan fingerprint density at radius 3 is 2.29 bits per heavy atom. The summed E-state index contributed by atoms with van der Waals surface area (Å²) in [6.45, 7) is 4.75. The molecule has 2 unspecified atom stereocenters. The average molecular weight is 569 g/mol. The van der Waals surface area contributed by atoms with Crippen LogP contribution in [-0.2, 0) is 27.2 Å². The third kappa shape index (κ3) is 7.70. The number of nitrogens with zero attached hydrogens (tertiary/aromatic N) is 1. The minimum atomic E-state index is -4.54. The van der Waals surface area contributed by atoms with Crippen LogP contribution in [0.4, 0.5) is 13.2 Å². The van der Waals surface area contributed by atoms with E-state index in [1.165, 1.54) is 19.9 Å². The van der Waals surface area contributed by atoms with Gasteiger partial charge in [0.1, 0.15) is 0 Å². The first-order chi connectivity index (χ1) is 17.6. The van der Waals surface area contributed by atoms with Gasteiger partial charge in [-0.2, -0.15) is 13.2 Å². The zero-order valence-corrected chi connectivity index (χ0v) is 22.8. The van der Waals surface area contributed by atoms with Crippen LogP contribution in [0.2, 0.25) is 5.02 Å². The van der Waals surface area contributed by atoms with Crippen molar-refractivity contribution in [1.29, 1.82) is 0 Å². The van der Waals surface area contributed by atoms with Crippen LogP contribution in [0.5, 0.6) is 5.88 Å². The van der Waals surface area contributed by atoms with E-state index in [4.69, 9.17) is 16.3 Å². The van der Waals surface area contributed by atoms with Gasteiger partial charge in [0.05, 0.1) is 10.5 Å². The molecule has 0 fully saturated rings. The van der Waals surface area contributed by atoms with Crippen LogP contribution in [0.15, 0.2) is 71.8 Å². The number of halogens is 4. The van der Waals surface area contributed by atoms with Crippen LogP contribution in [0.1, 0.15) is 43.4 Å². The number of sulfone groups is 1. The number of rotatable bonds is 9. The Labute approximate surface area is 225 Å². The quantitative estimate of drug-likeness (QED) is 0.350. The number of pyridine rings is 1. The molecule has 0 aliphatic rings. The molecular formula is C27H28ClF3N2O4S. The molecule has 0 bridgehead atoms. The van der Waals surface area contributed by atoms with E-state index in [0.717, 1.165) is 24.0 Å². The molecule has 0 saturated heterocycles. The van der Waals surface area contributed by atoms with Crippen molar-refractivity contribution in [1.82, 2.24) is 10.3 Å². The number of alkyl halides is 3. The van der Waals surface area contributed by atoms with E-state index in [1.54, 1.807) is 37.3 Å². The Morgan fingerprint density at radius 1 is 1.08 bits per heavy atom. The van der Waals surface area contributed by atoms with Crippen molar-refractivity contribution in [3.05, 3.63) is 88.6 Å². The van der Waals surface area contributed by atoms with E-state index in [9.17, 15) is 26.4 Å². The van der Waals surface area contributed by atoms with Crippen molar-refractivity contribution in [2.75, 3.05) is 6.26 Å². The van der Waals surface area contributed by atoms with Gasteiger partial charge in [0.25, 0.3) is 5.91 Å². The van der Waals surface area contributed by atoms with E-state index >= 15 is 0 Å². The number of benzene rings is 2. The van der Waals surface area contributed by atoms with Crippen LogP contribution in [0, 0.1) is 0 Å². The number of nitrogens with one attached hydrogen (secondary N) is 1. The summed E-state index contributed by atoms with van der Waals surface area (Å²) in [5.41, 5.74) is -0.768. The molecule has 6 nitrogen and oxygen atoms in total. The number of amides is 1. The van der Waals surface area contributed by atoms with Crippen LogP contribution in [0.25, 0.3) is 0 Å². The Bertz CT molecular complexity index is 1380. The van der Waals surface area contributed by atoms with Gasteiger partial charge >= 0.3 is 6.18 Å². The summed E-state index contributed by atoms with van der Waals surface area (Å²) >= 11 is 6.02. The predicted molar refractivity (Wildman–Crippen MR) is 139 cm³/mol. The van der Waals surface area contributed by atoms with Gasteiger partial charge < -0.3 is 10.1 Å². The van der Waals surface area contributed by atoms with E-state index in [0.29, 0.717) is 23.2 Å². The summed E-state index contributed by atoms with van der Waals surface area (Å²) in [5, 5.41) is 3.49. The van der Waals surface area contributed by atoms with Crippen molar-refractivity contribution < 1.29 is 31.1 Å². The fourth-order valence-electron chi connectivity index (χ4n) is 3.83. The van der Waals surface area contributed by atoms with Crippen LogP contribution < -0.4 is 10.1 Å². The van der Waals surface area contributed by atoms with E-state index in [2.05, 4.69) is 10.3 Å². The first-order valence-electron chi connectivity index (χ1n) is 11.6. The summed E-state index contributed by atoms with van der Waals surface area (Å²) in [6, 6.07) is 15.2. The summed E-state index contributed by atoms with van der Waals surface area (Å²) in [6.07, 6.45) is -2.31. The fourth-order valence-corrected chi connectivity index (χ4v) is 4.63. The standard InChI is InChI=1S/C27H28ClF3N2O4S/c1-17(33-25(34)26(2,3)37-24-13-10-20(16-32-24)27(29,30)31)23(14-18-8-11-21(28)12-9-18)19-6-5-7-22(15-19)38(4,35)36/h5-13,15-17,23H,14H2,1-4H3,(H,33,34). The van der Waals surface area contributed by atoms with E-state index < -0.39 is 39.1 Å². The zero-order chi connectivity index (χ0) is 28.3. The number of carbonyl (C=O) groups is 1. The summed E-state index contributed by atoms with van der Waals surface area (Å²) < 4.78 is 68.4. The monoisotopic (exact) mass is 568 g/mol. The van der Waals surface area contributed by atoms with Crippen LogP contribution in [0.3, 0.4) is 0 Å². The predicted octanol–water partition coefficient (Wildman–Crippen LogP) is 5.85. The molecule has 1 aromatic heterocycles. The molecule has 11 heteroatoms. The van der Waals surface area contributed by atoms with Crippen LogP contribution in [-0.4, -0.2) is 37.2 Å². The molecule has 1 amide bonds. The maximum absolute atomic E-state index is 13.2. The number of aromatic nitrogens is 1. The highest BCUT2D eigenvalue weighted by Crippen LogP contribution is 2.30. The molecule has 38 heavy (non-hydrogen) atoms. The smallest absolute Gasteiger partial charge is 0.417 e.